The van der Waals surface area contributed by atoms with E-state index in [1.54, 1.807) is 30.3 Å². The lowest BCUT2D eigenvalue weighted by Gasteiger charge is -2.14. The molecule has 0 fully saturated rings. The molecule has 0 radical (unpaired) electrons. The molecule has 0 N–H and O–H groups in total. The smallest absolute Gasteiger partial charge is 0.344 e. The number of ketones is 1. The van der Waals surface area contributed by atoms with Crippen molar-refractivity contribution in [3.05, 3.63) is 64.7 Å². The first kappa shape index (κ1) is 18.2. The fourth-order valence-corrected chi connectivity index (χ4v) is 2.33. The summed E-state index contributed by atoms with van der Waals surface area (Å²) in [5.74, 6) is -0.624. The van der Waals surface area contributed by atoms with E-state index < -0.39 is 12.1 Å². The molecule has 1 atom stereocenters. The van der Waals surface area contributed by atoms with Gasteiger partial charge in [-0.3, -0.25) is 4.79 Å². The van der Waals surface area contributed by atoms with Crippen molar-refractivity contribution >= 4 is 11.8 Å². The van der Waals surface area contributed by atoms with Gasteiger partial charge in [-0.05, 0) is 44.5 Å². The molecule has 0 aliphatic carbocycles. The third-order valence-electron chi connectivity index (χ3n) is 3.69. The van der Waals surface area contributed by atoms with Gasteiger partial charge in [0, 0.05) is 5.56 Å². The number of para-hydroxylation sites is 1. The van der Waals surface area contributed by atoms with Gasteiger partial charge in [-0.2, -0.15) is 5.26 Å². The van der Waals surface area contributed by atoms with Crippen LogP contribution < -0.4 is 4.74 Å². The largest absolute Gasteiger partial charge is 0.481 e. The van der Waals surface area contributed by atoms with Gasteiger partial charge >= 0.3 is 5.97 Å². The Morgan fingerprint density at radius 3 is 2.60 bits per heavy atom. The number of hydrogen-bond donors (Lipinski definition) is 0. The first-order valence-corrected chi connectivity index (χ1v) is 7.85. The van der Waals surface area contributed by atoms with E-state index in [0.717, 1.165) is 11.1 Å². The van der Waals surface area contributed by atoms with E-state index in [9.17, 15) is 9.59 Å². The molecule has 0 unspecified atom stereocenters. The molecule has 0 spiro atoms. The molecule has 0 amide bonds. The summed E-state index contributed by atoms with van der Waals surface area (Å²) < 4.78 is 10.5. The number of nitrogens with zero attached hydrogens (tertiary/aromatic N) is 1. The summed E-state index contributed by atoms with van der Waals surface area (Å²) in [6.07, 6.45) is -0.914. The third-order valence-corrected chi connectivity index (χ3v) is 3.69. The number of Topliss-reactive ketones (excluding diaryl/α,β-unsaturated/α-hetero) is 1. The normalized spacial score (nSPS) is 11.3. The van der Waals surface area contributed by atoms with Crippen LogP contribution >= 0.6 is 0 Å². The van der Waals surface area contributed by atoms with E-state index in [4.69, 9.17) is 14.7 Å². The van der Waals surface area contributed by atoms with Gasteiger partial charge in [-0.25, -0.2) is 4.79 Å². The first-order valence-electron chi connectivity index (χ1n) is 7.85. The third kappa shape index (κ3) is 4.67. The Hall–Kier alpha value is -3.13. The van der Waals surface area contributed by atoms with Crippen LogP contribution in [0.25, 0.3) is 0 Å². The van der Waals surface area contributed by atoms with Gasteiger partial charge in [-0.15, -0.1) is 0 Å². The van der Waals surface area contributed by atoms with Crippen LogP contribution in [0.2, 0.25) is 0 Å². The Kier molecular flexibility index (Phi) is 5.91. The first-order chi connectivity index (χ1) is 11.9. The van der Waals surface area contributed by atoms with Gasteiger partial charge < -0.3 is 9.47 Å². The summed E-state index contributed by atoms with van der Waals surface area (Å²) in [7, 11) is 0. The molecule has 0 aliphatic heterocycles. The van der Waals surface area contributed by atoms with Crippen molar-refractivity contribution < 1.29 is 19.1 Å². The molecule has 5 nitrogen and oxygen atoms in total. The highest BCUT2D eigenvalue weighted by Crippen LogP contribution is 2.17. The number of carbonyl (C=O) groups excluding carboxylic acids is 2. The van der Waals surface area contributed by atoms with Crippen molar-refractivity contribution in [1.82, 2.24) is 0 Å². The second-order valence-corrected chi connectivity index (χ2v) is 5.71. The van der Waals surface area contributed by atoms with E-state index >= 15 is 0 Å². The lowest BCUT2D eigenvalue weighted by atomic mass is 9.99. The molecule has 0 saturated carbocycles. The van der Waals surface area contributed by atoms with Crippen molar-refractivity contribution in [2.75, 3.05) is 6.61 Å². The molecule has 0 aliphatic rings. The highest BCUT2D eigenvalue weighted by Gasteiger charge is 2.21. The van der Waals surface area contributed by atoms with Gasteiger partial charge in [-0.1, -0.05) is 29.8 Å². The van der Waals surface area contributed by atoms with Crippen LogP contribution in [0.3, 0.4) is 0 Å². The molecule has 2 rings (SSSR count). The summed E-state index contributed by atoms with van der Waals surface area (Å²) >= 11 is 0. The van der Waals surface area contributed by atoms with E-state index in [2.05, 4.69) is 0 Å². The molecule has 0 saturated heterocycles. The molecule has 128 valence electrons. The predicted octanol–water partition coefficient (Wildman–Crippen LogP) is 3.37. The van der Waals surface area contributed by atoms with Crippen LogP contribution in [-0.2, 0) is 9.53 Å². The van der Waals surface area contributed by atoms with Crippen molar-refractivity contribution in [3.63, 3.8) is 0 Å². The van der Waals surface area contributed by atoms with Gasteiger partial charge in [0.2, 0.25) is 5.78 Å². The standard InChI is InChI=1S/C20H19NO4/c1-13-8-9-14(2)17(10-13)20(23)15(3)25-19(22)12-24-18-7-5-4-6-16(18)11-21/h4-10,15H,12H2,1-3H3/t15-/m1/s1. The predicted molar refractivity (Wildman–Crippen MR) is 92.5 cm³/mol. The van der Waals surface area contributed by atoms with Crippen LogP contribution in [0.1, 0.15) is 34.0 Å². The molecule has 2 aromatic rings. The quantitative estimate of drug-likeness (QED) is 0.597. The van der Waals surface area contributed by atoms with Gasteiger partial charge in [0.1, 0.15) is 11.8 Å². The second kappa shape index (κ2) is 8.11. The zero-order chi connectivity index (χ0) is 18.4. The Morgan fingerprint density at radius 2 is 1.88 bits per heavy atom. The number of hydrogen-bond acceptors (Lipinski definition) is 5. The average Bonchev–Trinajstić information content (AvgIpc) is 2.61. The van der Waals surface area contributed by atoms with E-state index in [1.165, 1.54) is 6.92 Å². The molecule has 0 aromatic heterocycles. The summed E-state index contributed by atoms with van der Waals surface area (Å²) in [5.41, 5.74) is 2.66. The van der Waals surface area contributed by atoms with Crippen molar-refractivity contribution in [3.8, 4) is 11.8 Å². The molecule has 2 aromatic carbocycles. The minimum atomic E-state index is -0.914. The zero-order valence-electron chi connectivity index (χ0n) is 14.4. The molecule has 25 heavy (non-hydrogen) atoms. The molecule has 0 bridgehead atoms. The van der Waals surface area contributed by atoms with Gasteiger partial charge in [0.25, 0.3) is 0 Å². The fourth-order valence-electron chi connectivity index (χ4n) is 2.33. The number of ether oxygens (including phenoxy) is 2. The maximum absolute atomic E-state index is 12.5. The van der Waals surface area contributed by atoms with Crippen molar-refractivity contribution in [2.24, 2.45) is 0 Å². The SMILES string of the molecule is Cc1ccc(C)c(C(=O)[C@@H](C)OC(=O)COc2ccccc2C#N)c1. The highest BCUT2D eigenvalue weighted by molar-refractivity contribution is 6.01. The number of nitriles is 1. The maximum atomic E-state index is 12.5. The van der Waals surface area contributed by atoms with Gasteiger partial charge in [0.15, 0.2) is 12.7 Å². The Balaban J connectivity index is 1.97. The van der Waals surface area contributed by atoms with Crippen LogP contribution in [0.15, 0.2) is 42.5 Å². The summed E-state index contributed by atoms with van der Waals surface area (Å²) in [4.78, 5) is 24.4. The number of rotatable bonds is 6. The van der Waals surface area contributed by atoms with Crippen LogP contribution in [0.4, 0.5) is 0 Å². The molecular weight excluding hydrogens is 318 g/mol. The Bertz CT molecular complexity index is 836. The molecule has 0 heterocycles. The Morgan fingerprint density at radius 1 is 1.16 bits per heavy atom. The number of carbonyl (C=O) groups is 2. The summed E-state index contributed by atoms with van der Waals surface area (Å²) in [5, 5.41) is 8.99. The maximum Gasteiger partial charge on any atom is 0.344 e. The summed E-state index contributed by atoms with van der Waals surface area (Å²) in [6.45, 7) is 4.89. The monoisotopic (exact) mass is 337 g/mol. The Labute approximate surface area is 146 Å². The second-order valence-electron chi connectivity index (χ2n) is 5.71. The lowest BCUT2D eigenvalue weighted by Crippen LogP contribution is -2.27. The minimum Gasteiger partial charge on any atom is -0.481 e. The highest BCUT2D eigenvalue weighted by atomic mass is 16.6. The van der Waals surface area contributed by atoms with E-state index in [-0.39, 0.29) is 12.4 Å². The number of aryl methyl sites for hydroxylation is 2. The van der Waals surface area contributed by atoms with Crippen molar-refractivity contribution in [1.29, 1.82) is 5.26 Å². The minimum absolute atomic E-state index is 0.257. The molecular formula is C20H19NO4. The van der Waals surface area contributed by atoms with E-state index in [0.29, 0.717) is 16.9 Å². The van der Waals surface area contributed by atoms with Gasteiger partial charge in [0.05, 0.1) is 5.56 Å². The lowest BCUT2D eigenvalue weighted by molar-refractivity contribution is -0.148. The summed E-state index contributed by atoms with van der Waals surface area (Å²) in [6, 6.07) is 14.1. The number of benzene rings is 2. The molecule has 5 heteroatoms. The number of esters is 1. The fraction of sp³-hybridized carbons (Fsp3) is 0.250. The van der Waals surface area contributed by atoms with Crippen LogP contribution in [0.5, 0.6) is 5.75 Å². The zero-order valence-corrected chi connectivity index (χ0v) is 14.4. The van der Waals surface area contributed by atoms with Crippen molar-refractivity contribution in [2.45, 2.75) is 26.9 Å². The van der Waals surface area contributed by atoms with Crippen LogP contribution in [-0.4, -0.2) is 24.5 Å². The van der Waals surface area contributed by atoms with Crippen LogP contribution in [0, 0.1) is 25.2 Å². The average molecular weight is 337 g/mol. The topological polar surface area (TPSA) is 76.4 Å². The van der Waals surface area contributed by atoms with E-state index in [1.807, 2.05) is 32.0 Å².